The summed E-state index contributed by atoms with van der Waals surface area (Å²) in [7, 11) is 0. The highest BCUT2D eigenvalue weighted by molar-refractivity contribution is 5.27. The van der Waals surface area contributed by atoms with Crippen LogP contribution in [0.1, 0.15) is 35.1 Å². The number of aryl methyl sites for hydroxylation is 2. The van der Waals surface area contributed by atoms with Crippen molar-refractivity contribution in [1.82, 2.24) is 14.8 Å². The molecule has 102 valence electrons. The number of rotatable bonds is 4. The lowest BCUT2D eigenvalue weighted by molar-refractivity contribution is 0.641. The van der Waals surface area contributed by atoms with Crippen LogP contribution in [-0.2, 0) is 13.0 Å². The van der Waals surface area contributed by atoms with Gasteiger partial charge in [-0.1, -0.05) is 6.07 Å². The van der Waals surface area contributed by atoms with Gasteiger partial charge >= 0.3 is 0 Å². The maximum Gasteiger partial charge on any atom is 0.0837 e. The Balaban J connectivity index is 2.29. The highest BCUT2D eigenvalue weighted by atomic mass is 15.3. The Labute approximate surface area is 114 Å². The molecule has 0 spiro atoms. The first-order chi connectivity index (χ1) is 8.99. The van der Waals surface area contributed by atoms with E-state index in [0.717, 1.165) is 24.4 Å². The fourth-order valence-electron chi connectivity index (χ4n) is 2.33. The second-order valence-electron chi connectivity index (χ2n) is 5.26. The average molecular weight is 258 g/mol. The van der Waals surface area contributed by atoms with Crippen molar-refractivity contribution in [2.24, 2.45) is 5.73 Å². The van der Waals surface area contributed by atoms with Gasteiger partial charge in [0, 0.05) is 17.9 Å². The summed E-state index contributed by atoms with van der Waals surface area (Å²) in [5, 5.41) is 4.62. The molecule has 19 heavy (non-hydrogen) atoms. The Bertz CT molecular complexity index is 570. The van der Waals surface area contributed by atoms with Crippen molar-refractivity contribution in [3.05, 3.63) is 46.5 Å². The summed E-state index contributed by atoms with van der Waals surface area (Å²) in [5.74, 6) is 0. The zero-order valence-electron chi connectivity index (χ0n) is 12.1. The maximum atomic E-state index is 5.90. The smallest absolute Gasteiger partial charge is 0.0837 e. The average Bonchev–Trinajstić information content (AvgIpc) is 2.60. The second-order valence-corrected chi connectivity index (χ2v) is 5.26. The summed E-state index contributed by atoms with van der Waals surface area (Å²) in [4.78, 5) is 4.43. The van der Waals surface area contributed by atoms with E-state index >= 15 is 0 Å². The minimum Gasteiger partial charge on any atom is -0.328 e. The third-order valence-corrected chi connectivity index (χ3v) is 3.47. The Kier molecular flexibility index (Phi) is 4.00. The summed E-state index contributed by atoms with van der Waals surface area (Å²) >= 11 is 0. The van der Waals surface area contributed by atoms with E-state index in [-0.39, 0.29) is 6.04 Å². The SMILES string of the molecule is Cc1cccnc1Cn1nc(C)c(CC(C)N)c1C. The van der Waals surface area contributed by atoms with Crippen LogP contribution in [0.5, 0.6) is 0 Å². The molecule has 2 rings (SSSR count). The highest BCUT2D eigenvalue weighted by Crippen LogP contribution is 2.16. The van der Waals surface area contributed by atoms with Gasteiger partial charge in [-0.15, -0.1) is 0 Å². The van der Waals surface area contributed by atoms with E-state index in [0.29, 0.717) is 0 Å². The van der Waals surface area contributed by atoms with E-state index in [9.17, 15) is 0 Å². The van der Waals surface area contributed by atoms with Crippen LogP contribution in [-0.4, -0.2) is 20.8 Å². The lowest BCUT2D eigenvalue weighted by Crippen LogP contribution is -2.18. The van der Waals surface area contributed by atoms with Crippen LogP contribution >= 0.6 is 0 Å². The van der Waals surface area contributed by atoms with Crippen molar-refractivity contribution in [1.29, 1.82) is 0 Å². The van der Waals surface area contributed by atoms with Gasteiger partial charge in [-0.05, 0) is 51.3 Å². The van der Waals surface area contributed by atoms with Crippen molar-refractivity contribution in [2.75, 3.05) is 0 Å². The fourth-order valence-corrected chi connectivity index (χ4v) is 2.33. The molecule has 2 aromatic rings. The summed E-state index contributed by atoms with van der Waals surface area (Å²) in [6, 6.07) is 4.20. The minimum absolute atomic E-state index is 0.159. The van der Waals surface area contributed by atoms with Gasteiger partial charge in [0.2, 0.25) is 0 Å². The summed E-state index contributed by atoms with van der Waals surface area (Å²) < 4.78 is 2.03. The van der Waals surface area contributed by atoms with E-state index in [4.69, 9.17) is 5.73 Å². The molecule has 0 saturated carbocycles. The van der Waals surface area contributed by atoms with E-state index in [1.165, 1.54) is 16.8 Å². The summed E-state index contributed by atoms with van der Waals surface area (Å²) in [6.45, 7) is 8.98. The van der Waals surface area contributed by atoms with E-state index in [1.54, 1.807) is 0 Å². The van der Waals surface area contributed by atoms with Gasteiger partial charge in [0.25, 0.3) is 0 Å². The highest BCUT2D eigenvalue weighted by Gasteiger charge is 2.13. The Hall–Kier alpha value is -1.68. The molecule has 0 bridgehead atoms. The van der Waals surface area contributed by atoms with Crippen LogP contribution in [0.25, 0.3) is 0 Å². The molecular weight excluding hydrogens is 236 g/mol. The molecule has 0 aliphatic rings. The van der Waals surface area contributed by atoms with Gasteiger partial charge in [0.05, 0.1) is 17.9 Å². The fraction of sp³-hybridized carbons (Fsp3) is 0.467. The lowest BCUT2D eigenvalue weighted by Gasteiger charge is -2.08. The normalized spacial score (nSPS) is 12.7. The molecule has 1 unspecified atom stereocenters. The van der Waals surface area contributed by atoms with Crippen molar-refractivity contribution in [3.8, 4) is 0 Å². The number of nitrogens with zero attached hydrogens (tertiary/aromatic N) is 3. The Morgan fingerprint density at radius 2 is 2.05 bits per heavy atom. The van der Waals surface area contributed by atoms with Crippen LogP contribution in [0.2, 0.25) is 0 Å². The molecule has 1 atom stereocenters. The maximum absolute atomic E-state index is 5.90. The molecule has 0 fully saturated rings. The lowest BCUT2D eigenvalue weighted by atomic mass is 10.1. The van der Waals surface area contributed by atoms with Crippen molar-refractivity contribution >= 4 is 0 Å². The summed E-state index contributed by atoms with van der Waals surface area (Å²) in [6.07, 6.45) is 2.70. The van der Waals surface area contributed by atoms with Gasteiger partial charge in [0.15, 0.2) is 0 Å². The van der Waals surface area contributed by atoms with E-state index in [1.807, 2.05) is 30.8 Å². The van der Waals surface area contributed by atoms with Crippen molar-refractivity contribution in [3.63, 3.8) is 0 Å². The van der Waals surface area contributed by atoms with Crippen LogP contribution in [0.4, 0.5) is 0 Å². The molecule has 2 aromatic heterocycles. The van der Waals surface area contributed by atoms with Crippen molar-refractivity contribution in [2.45, 2.75) is 46.7 Å². The van der Waals surface area contributed by atoms with E-state index in [2.05, 4.69) is 30.0 Å². The molecule has 0 radical (unpaired) electrons. The quantitative estimate of drug-likeness (QED) is 0.914. The molecule has 0 aliphatic heterocycles. The number of hydrogen-bond acceptors (Lipinski definition) is 3. The molecule has 0 aliphatic carbocycles. The molecular formula is C15H22N4. The first kappa shape index (κ1) is 13.7. The Morgan fingerprint density at radius 1 is 1.32 bits per heavy atom. The molecule has 4 heteroatoms. The van der Waals surface area contributed by atoms with Gasteiger partial charge in [0.1, 0.15) is 0 Å². The molecule has 0 aromatic carbocycles. The Morgan fingerprint density at radius 3 is 2.68 bits per heavy atom. The van der Waals surface area contributed by atoms with Crippen LogP contribution in [0, 0.1) is 20.8 Å². The topological polar surface area (TPSA) is 56.7 Å². The van der Waals surface area contributed by atoms with Gasteiger partial charge in [-0.3, -0.25) is 9.67 Å². The molecule has 2 heterocycles. The number of aromatic nitrogens is 3. The van der Waals surface area contributed by atoms with Crippen molar-refractivity contribution < 1.29 is 0 Å². The molecule has 2 N–H and O–H groups in total. The molecule has 4 nitrogen and oxygen atoms in total. The number of nitrogens with two attached hydrogens (primary N) is 1. The zero-order chi connectivity index (χ0) is 14.0. The van der Waals surface area contributed by atoms with Crippen LogP contribution in [0.15, 0.2) is 18.3 Å². The second kappa shape index (κ2) is 5.53. The predicted octanol–water partition coefficient (Wildman–Crippen LogP) is 2.14. The predicted molar refractivity (Wildman–Crippen MR) is 77.1 cm³/mol. The zero-order valence-corrected chi connectivity index (χ0v) is 12.1. The first-order valence-electron chi connectivity index (χ1n) is 6.68. The molecule has 0 amide bonds. The van der Waals surface area contributed by atoms with Crippen LogP contribution in [0.3, 0.4) is 0 Å². The largest absolute Gasteiger partial charge is 0.328 e. The van der Waals surface area contributed by atoms with Gasteiger partial charge < -0.3 is 5.73 Å². The van der Waals surface area contributed by atoms with Crippen LogP contribution < -0.4 is 5.73 Å². The van der Waals surface area contributed by atoms with E-state index < -0.39 is 0 Å². The molecule has 0 saturated heterocycles. The first-order valence-corrected chi connectivity index (χ1v) is 6.68. The van der Waals surface area contributed by atoms with Gasteiger partial charge in [-0.2, -0.15) is 5.10 Å². The third-order valence-electron chi connectivity index (χ3n) is 3.47. The van der Waals surface area contributed by atoms with Gasteiger partial charge in [-0.25, -0.2) is 0 Å². The summed E-state index contributed by atoms with van der Waals surface area (Å²) in [5.41, 5.74) is 11.7. The number of pyridine rings is 1. The third kappa shape index (κ3) is 3.01. The monoisotopic (exact) mass is 258 g/mol. The minimum atomic E-state index is 0.159. The number of hydrogen-bond donors (Lipinski definition) is 1. The standard InChI is InChI=1S/C15H22N4/c1-10-6-5-7-17-15(10)9-19-13(4)14(8-11(2)16)12(3)18-19/h5-7,11H,8-9,16H2,1-4H3.